The Hall–Kier alpha value is -2.65. The maximum Gasteiger partial charge on any atom is 0.338 e. The van der Waals surface area contributed by atoms with Gasteiger partial charge in [-0.25, -0.2) is 4.79 Å². The fourth-order valence-corrected chi connectivity index (χ4v) is 2.04. The summed E-state index contributed by atoms with van der Waals surface area (Å²) in [5.41, 5.74) is 1.19. The van der Waals surface area contributed by atoms with Crippen LogP contribution in [-0.4, -0.2) is 18.0 Å². The summed E-state index contributed by atoms with van der Waals surface area (Å²) in [6.07, 6.45) is -0.961. The Bertz CT molecular complexity index is 766. The molecule has 0 bridgehead atoms. The second kappa shape index (κ2) is 7.56. The first-order valence-corrected chi connectivity index (χ1v) is 7.56. The molecule has 0 heterocycles. The van der Waals surface area contributed by atoms with E-state index in [1.54, 1.807) is 36.4 Å². The fourth-order valence-electron chi connectivity index (χ4n) is 1.77. The molecule has 0 aromatic heterocycles. The summed E-state index contributed by atoms with van der Waals surface area (Å²) in [6, 6.07) is 15.1. The monoisotopic (exact) mass is 372 g/mol. The van der Waals surface area contributed by atoms with Crippen molar-refractivity contribution < 1.29 is 14.3 Å². The predicted octanol–water partition coefficient (Wildman–Crippen LogP) is 3.50. The van der Waals surface area contributed by atoms with E-state index in [-0.39, 0.29) is 5.56 Å². The van der Waals surface area contributed by atoms with Crippen LogP contribution in [0.5, 0.6) is 0 Å². The molecule has 116 valence electrons. The summed E-state index contributed by atoms with van der Waals surface area (Å²) in [6.45, 7) is 1.49. The van der Waals surface area contributed by atoms with E-state index in [4.69, 9.17) is 10.00 Å². The molecular weight excluding hydrogens is 360 g/mol. The minimum absolute atomic E-state index is 0.229. The number of nitriles is 1. The van der Waals surface area contributed by atoms with Crippen LogP contribution in [0.2, 0.25) is 0 Å². The van der Waals surface area contributed by atoms with Crippen LogP contribution in [0.1, 0.15) is 22.8 Å². The van der Waals surface area contributed by atoms with Crippen LogP contribution in [0, 0.1) is 11.3 Å². The van der Waals surface area contributed by atoms with E-state index < -0.39 is 18.0 Å². The van der Waals surface area contributed by atoms with Gasteiger partial charge in [0, 0.05) is 10.2 Å². The molecule has 1 amide bonds. The average molecular weight is 373 g/mol. The van der Waals surface area contributed by atoms with E-state index >= 15 is 0 Å². The Morgan fingerprint density at radius 2 is 1.91 bits per heavy atom. The lowest BCUT2D eigenvalue weighted by Crippen LogP contribution is -2.30. The van der Waals surface area contributed by atoms with Crippen molar-refractivity contribution in [1.82, 2.24) is 0 Å². The van der Waals surface area contributed by atoms with Gasteiger partial charge in [-0.1, -0.05) is 22.0 Å². The van der Waals surface area contributed by atoms with E-state index in [2.05, 4.69) is 21.2 Å². The molecule has 0 aliphatic rings. The fraction of sp³-hybridized carbons (Fsp3) is 0.118. The van der Waals surface area contributed by atoms with E-state index in [1.165, 1.54) is 19.1 Å². The molecule has 23 heavy (non-hydrogen) atoms. The second-order valence-electron chi connectivity index (χ2n) is 4.74. The zero-order valence-electron chi connectivity index (χ0n) is 12.2. The normalized spacial score (nSPS) is 11.2. The largest absolute Gasteiger partial charge is 0.449 e. The maximum absolute atomic E-state index is 12.0. The number of esters is 1. The Balaban J connectivity index is 1.98. The maximum atomic E-state index is 12.0. The predicted molar refractivity (Wildman–Crippen MR) is 88.8 cm³/mol. The van der Waals surface area contributed by atoms with Gasteiger partial charge in [-0.15, -0.1) is 0 Å². The first-order chi connectivity index (χ1) is 11.0. The zero-order chi connectivity index (χ0) is 16.8. The molecule has 2 aromatic rings. The van der Waals surface area contributed by atoms with Crippen LogP contribution >= 0.6 is 15.9 Å². The number of rotatable bonds is 4. The van der Waals surface area contributed by atoms with E-state index in [0.29, 0.717) is 11.3 Å². The summed E-state index contributed by atoms with van der Waals surface area (Å²) >= 11 is 3.31. The molecule has 5 nitrogen and oxygen atoms in total. The molecule has 2 aromatic carbocycles. The summed E-state index contributed by atoms with van der Waals surface area (Å²) < 4.78 is 6.02. The molecule has 0 unspecified atom stereocenters. The number of carbonyl (C=O) groups excluding carboxylic acids is 2. The number of ether oxygens (including phenoxy) is 1. The SMILES string of the molecule is C[C@@H](OC(=O)c1cccc(C#N)c1)C(=O)Nc1ccc(Br)cc1. The molecule has 0 fully saturated rings. The number of hydrogen-bond donors (Lipinski definition) is 1. The van der Waals surface area contributed by atoms with Crippen molar-refractivity contribution in [3.8, 4) is 6.07 Å². The van der Waals surface area contributed by atoms with Gasteiger partial charge < -0.3 is 10.1 Å². The van der Waals surface area contributed by atoms with Gasteiger partial charge in [0.05, 0.1) is 17.2 Å². The molecule has 0 aliphatic carbocycles. The van der Waals surface area contributed by atoms with Crippen molar-refractivity contribution >= 4 is 33.5 Å². The third-order valence-corrected chi connectivity index (χ3v) is 3.52. The smallest absolute Gasteiger partial charge is 0.338 e. The number of nitrogens with zero attached hydrogens (tertiary/aromatic N) is 1. The number of benzene rings is 2. The van der Waals surface area contributed by atoms with Crippen molar-refractivity contribution in [2.75, 3.05) is 5.32 Å². The molecular formula is C17H13BrN2O3. The molecule has 6 heteroatoms. The number of halogens is 1. The third-order valence-electron chi connectivity index (χ3n) is 2.99. The van der Waals surface area contributed by atoms with Crippen LogP contribution in [-0.2, 0) is 9.53 Å². The van der Waals surface area contributed by atoms with Gasteiger partial charge in [0.15, 0.2) is 6.10 Å². The van der Waals surface area contributed by atoms with Gasteiger partial charge in [-0.2, -0.15) is 5.26 Å². The van der Waals surface area contributed by atoms with E-state index in [9.17, 15) is 9.59 Å². The van der Waals surface area contributed by atoms with Gasteiger partial charge in [-0.3, -0.25) is 4.79 Å². The molecule has 1 N–H and O–H groups in total. The van der Waals surface area contributed by atoms with Crippen molar-refractivity contribution in [2.45, 2.75) is 13.0 Å². The van der Waals surface area contributed by atoms with Gasteiger partial charge >= 0.3 is 5.97 Å². The van der Waals surface area contributed by atoms with Crippen molar-refractivity contribution in [3.05, 3.63) is 64.1 Å². The molecule has 2 rings (SSSR count). The van der Waals surface area contributed by atoms with Gasteiger partial charge in [0.2, 0.25) is 0 Å². The number of anilines is 1. The lowest BCUT2D eigenvalue weighted by atomic mass is 10.1. The summed E-state index contributed by atoms with van der Waals surface area (Å²) in [4.78, 5) is 24.0. The highest BCUT2D eigenvalue weighted by Crippen LogP contribution is 2.15. The van der Waals surface area contributed by atoms with E-state index in [1.807, 2.05) is 6.07 Å². The zero-order valence-corrected chi connectivity index (χ0v) is 13.8. The highest BCUT2D eigenvalue weighted by atomic mass is 79.9. The molecule has 0 radical (unpaired) electrons. The van der Waals surface area contributed by atoms with Crippen LogP contribution in [0.15, 0.2) is 53.0 Å². The van der Waals surface area contributed by atoms with Gasteiger partial charge in [0.1, 0.15) is 0 Å². The number of hydrogen-bond acceptors (Lipinski definition) is 4. The summed E-state index contributed by atoms with van der Waals surface area (Å²) in [7, 11) is 0. The van der Waals surface area contributed by atoms with Crippen molar-refractivity contribution in [1.29, 1.82) is 5.26 Å². The standard InChI is InChI=1S/C17H13BrN2O3/c1-11(16(21)20-15-7-5-14(18)6-8-15)23-17(22)13-4-2-3-12(9-13)10-19/h2-9,11H,1H3,(H,20,21)/t11-/m1/s1. The minimum atomic E-state index is -0.961. The van der Waals surface area contributed by atoms with E-state index in [0.717, 1.165) is 4.47 Å². The number of carbonyl (C=O) groups is 2. The highest BCUT2D eigenvalue weighted by molar-refractivity contribution is 9.10. The summed E-state index contributed by atoms with van der Waals surface area (Å²) in [5, 5.41) is 11.5. The molecule has 0 saturated carbocycles. The minimum Gasteiger partial charge on any atom is -0.449 e. The Kier molecular flexibility index (Phi) is 5.50. The number of amides is 1. The molecule has 0 saturated heterocycles. The highest BCUT2D eigenvalue weighted by Gasteiger charge is 2.19. The Morgan fingerprint density at radius 3 is 2.57 bits per heavy atom. The topological polar surface area (TPSA) is 79.2 Å². The molecule has 1 atom stereocenters. The quantitative estimate of drug-likeness (QED) is 0.832. The Morgan fingerprint density at radius 1 is 1.22 bits per heavy atom. The van der Waals surface area contributed by atoms with Crippen molar-refractivity contribution in [3.63, 3.8) is 0 Å². The van der Waals surface area contributed by atoms with Crippen LogP contribution in [0.3, 0.4) is 0 Å². The average Bonchev–Trinajstić information content (AvgIpc) is 2.56. The third kappa shape index (κ3) is 4.66. The summed E-state index contributed by atoms with van der Waals surface area (Å²) in [5.74, 6) is -1.09. The van der Waals surface area contributed by atoms with Gasteiger partial charge in [0.25, 0.3) is 5.91 Å². The van der Waals surface area contributed by atoms with Crippen LogP contribution in [0.25, 0.3) is 0 Å². The van der Waals surface area contributed by atoms with Crippen LogP contribution < -0.4 is 5.32 Å². The Labute approximate surface area is 142 Å². The second-order valence-corrected chi connectivity index (χ2v) is 5.65. The first-order valence-electron chi connectivity index (χ1n) is 6.77. The number of nitrogens with one attached hydrogen (secondary N) is 1. The van der Waals surface area contributed by atoms with Crippen LogP contribution in [0.4, 0.5) is 5.69 Å². The lowest BCUT2D eigenvalue weighted by molar-refractivity contribution is -0.123. The molecule has 0 spiro atoms. The van der Waals surface area contributed by atoms with Crippen molar-refractivity contribution in [2.24, 2.45) is 0 Å². The first kappa shape index (κ1) is 16.7. The molecule has 0 aliphatic heterocycles. The van der Waals surface area contributed by atoms with Gasteiger partial charge in [-0.05, 0) is 49.4 Å². The lowest BCUT2D eigenvalue weighted by Gasteiger charge is -2.13.